The van der Waals surface area contributed by atoms with Crippen LogP contribution in [0, 0.1) is 0 Å². The lowest BCUT2D eigenvalue weighted by atomic mass is 10.1. The molecule has 1 aliphatic rings. The summed E-state index contributed by atoms with van der Waals surface area (Å²) in [5, 5.41) is 3.04. The molecule has 88 valence electrons. The minimum atomic E-state index is -0.994. The molecule has 0 fully saturated rings. The molecular weight excluding hydrogens is 209 g/mol. The molecule has 1 atom stereocenters. The van der Waals surface area contributed by atoms with Crippen molar-refractivity contribution in [1.29, 1.82) is 0 Å². The highest BCUT2D eigenvalue weighted by atomic mass is 19.1. The lowest BCUT2D eigenvalue weighted by molar-refractivity contribution is 0.169. The summed E-state index contributed by atoms with van der Waals surface area (Å²) in [6, 6.07) is 3.55. The predicted octanol–water partition coefficient (Wildman–Crippen LogP) is 2.21. The van der Waals surface area contributed by atoms with E-state index in [9.17, 15) is 4.39 Å². The van der Waals surface area contributed by atoms with Gasteiger partial charge in [0.1, 0.15) is 19.4 Å². The molecule has 0 bridgehead atoms. The third kappa shape index (κ3) is 2.11. The topological polar surface area (TPSA) is 30.5 Å². The number of ether oxygens (including phenoxy) is 2. The van der Waals surface area contributed by atoms with Crippen molar-refractivity contribution in [2.24, 2.45) is 0 Å². The van der Waals surface area contributed by atoms with Gasteiger partial charge in [-0.25, -0.2) is 4.39 Å². The molecule has 1 unspecified atom stereocenters. The lowest BCUT2D eigenvalue weighted by Crippen LogP contribution is -2.18. The second kappa shape index (κ2) is 4.70. The molecule has 16 heavy (non-hydrogen) atoms. The van der Waals surface area contributed by atoms with E-state index >= 15 is 0 Å². The molecule has 1 heterocycles. The van der Waals surface area contributed by atoms with Crippen LogP contribution < -0.4 is 14.8 Å². The quantitative estimate of drug-likeness (QED) is 0.855. The highest BCUT2D eigenvalue weighted by molar-refractivity contribution is 5.50. The summed E-state index contributed by atoms with van der Waals surface area (Å²) in [6.45, 7) is 3.24. The Morgan fingerprint density at radius 1 is 1.38 bits per heavy atom. The smallest absolute Gasteiger partial charge is 0.165 e. The van der Waals surface area contributed by atoms with Crippen molar-refractivity contribution < 1.29 is 13.9 Å². The maximum absolute atomic E-state index is 13.3. The van der Waals surface area contributed by atoms with Crippen LogP contribution in [0.4, 0.5) is 4.39 Å². The molecular formula is C12H16FNO2. The zero-order chi connectivity index (χ0) is 11.5. The largest absolute Gasteiger partial charge is 0.486 e. The lowest BCUT2D eigenvalue weighted by Gasteiger charge is -2.22. The van der Waals surface area contributed by atoms with Gasteiger partial charge in [-0.15, -0.1) is 0 Å². The van der Waals surface area contributed by atoms with E-state index < -0.39 is 6.17 Å². The second-order valence-electron chi connectivity index (χ2n) is 3.85. The van der Waals surface area contributed by atoms with Gasteiger partial charge in [-0.1, -0.05) is 0 Å². The number of halogens is 1. The summed E-state index contributed by atoms with van der Waals surface area (Å²) in [5.74, 6) is 1.39. The Morgan fingerprint density at radius 2 is 2.12 bits per heavy atom. The predicted molar refractivity (Wildman–Crippen MR) is 59.7 cm³/mol. The van der Waals surface area contributed by atoms with Crippen molar-refractivity contribution in [1.82, 2.24) is 5.32 Å². The Balaban J connectivity index is 2.43. The zero-order valence-corrected chi connectivity index (χ0v) is 9.55. The van der Waals surface area contributed by atoms with Gasteiger partial charge in [0.05, 0.1) is 0 Å². The average Bonchev–Trinajstić information content (AvgIpc) is 2.29. The van der Waals surface area contributed by atoms with E-state index in [1.54, 1.807) is 6.07 Å². The molecule has 0 aromatic heterocycles. The highest BCUT2D eigenvalue weighted by Crippen LogP contribution is 2.37. The number of fused-ring (bicyclic) bond motifs is 1. The fourth-order valence-electron chi connectivity index (χ4n) is 1.80. The average molecular weight is 225 g/mol. The second-order valence-corrected chi connectivity index (χ2v) is 3.85. The van der Waals surface area contributed by atoms with Crippen molar-refractivity contribution in [3.63, 3.8) is 0 Å². The molecule has 4 heteroatoms. The number of hydrogen-bond donors (Lipinski definition) is 1. The van der Waals surface area contributed by atoms with Crippen molar-refractivity contribution in [3.05, 3.63) is 23.3 Å². The van der Waals surface area contributed by atoms with Crippen molar-refractivity contribution in [3.8, 4) is 11.5 Å². The number of nitrogens with one attached hydrogen (secondary N) is 1. The first-order chi connectivity index (χ1) is 7.72. The number of benzene rings is 1. The van der Waals surface area contributed by atoms with E-state index in [1.807, 2.05) is 13.1 Å². The summed E-state index contributed by atoms with van der Waals surface area (Å²) in [4.78, 5) is 0. The van der Waals surface area contributed by atoms with Crippen LogP contribution in [-0.2, 0) is 6.54 Å². The monoisotopic (exact) mass is 225 g/mol. The van der Waals surface area contributed by atoms with Gasteiger partial charge < -0.3 is 14.8 Å². The van der Waals surface area contributed by atoms with Gasteiger partial charge in [0.15, 0.2) is 11.5 Å². The first-order valence-electron chi connectivity index (χ1n) is 5.43. The van der Waals surface area contributed by atoms with Crippen LogP contribution in [0.15, 0.2) is 12.1 Å². The molecule has 1 N–H and O–H groups in total. The van der Waals surface area contributed by atoms with E-state index in [0.29, 0.717) is 31.1 Å². The molecule has 0 radical (unpaired) electrons. The van der Waals surface area contributed by atoms with Crippen LogP contribution in [0.1, 0.15) is 24.2 Å². The Kier molecular flexibility index (Phi) is 3.29. The van der Waals surface area contributed by atoms with Crippen LogP contribution in [0.25, 0.3) is 0 Å². The Bertz CT molecular complexity index is 380. The molecule has 0 saturated carbocycles. The summed E-state index contributed by atoms with van der Waals surface area (Å²) in [6.07, 6.45) is -0.994. The maximum atomic E-state index is 13.3. The van der Waals surface area contributed by atoms with E-state index in [4.69, 9.17) is 9.47 Å². The number of alkyl halides is 1. The van der Waals surface area contributed by atoms with Gasteiger partial charge in [0.2, 0.25) is 0 Å². The standard InChI is InChI=1S/C12H16FNO2/c1-8(13)9-5-10(7-14-2)12-11(6-9)15-3-4-16-12/h5-6,8,14H,3-4,7H2,1-2H3. The molecule has 1 aromatic rings. The molecule has 0 saturated heterocycles. The molecule has 0 spiro atoms. The Hall–Kier alpha value is -1.29. The van der Waals surface area contributed by atoms with Crippen molar-refractivity contribution in [2.75, 3.05) is 20.3 Å². The summed E-state index contributed by atoms with van der Waals surface area (Å²) >= 11 is 0. The zero-order valence-electron chi connectivity index (χ0n) is 9.55. The van der Waals surface area contributed by atoms with E-state index in [1.165, 1.54) is 6.92 Å². The number of hydrogen-bond acceptors (Lipinski definition) is 3. The van der Waals surface area contributed by atoms with Crippen LogP contribution in [0.5, 0.6) is 11.5 Å². The molecule has 0 aliphatic carbocycles. The third-order valence-electron chi connectivity index (χ3n) is 2.57. The van der Waals surface area contributed by atoms with Crippen molar-refractivity contribution in [2.45, 2.75) is 19.6 Å². The summed E-state index contributed by atoms with van der Waals surface area (Å²) < 4.78 is 24.3. The normalized spacial score (nSPS) is 15.9. The Morgan fingerprint density at radius 3 is 2.81 bits per heavy atom. The van der Waals surface area contributed by atoms with Gasteiger partial charge >= 0.3 is 0 Å². The van der Waals surface area contributed by atoms with Crippen LogP contribution >= 0.6 is 0 Å². The fourth-order valence-corrected chi connectivity index (χ4v) is 1.80. The fraction of sp³-hybridized carbons (Fsp3) is 0.500. The minimum absolute atomic E-state index is 0.524. The molecule has 3 nitrogen and oxygen atoms in total. The van der Waals surface area contributed by atoms with E-state index in [0.717, 1.165) is 11.3 Å². The van der Waals surface area contributed by atoms with Crippen LogP contribution in [-0.4, -0.2) is 20.3 Å². The van der Waals surface area contributed by atoms with Gasteiger partial charge in [0, 0.05) is 12.1 Å². The Labute approximate surface area is 94.6 Å². The minimum Gasteiger partial charge on any atom is -0.486 e. The van der Waals surface area contributed by atoms with Gasteiger partial charge in [-0.3, -0.25) is 0 Å². The molecule has 1 aliphatic heterocycles. The summed E-state index contributed by atoms with van der Waals surface area (Å²) in [7, 11) is 1.85. The summed E-state index contributed by atoms with van der Waals surface area (Å²) in [5.41, 5.74) is 1.58. The SMILES string of the molecule is CNCc1cc(C(C)F)cc2c1OCCO2. The maximum Gasteiger partial charge on any atom is 0.165 e. The third-order valence-corrected chi connectivity index (χ3v) is 2.57. The molecule has 2 rings (SSSR count). The van der Waals surface area contributed by atoms with Crippen LogP contribution in [0.2, 0.25) is 0 Å². The first-order valence-corrected chi connectivity index (χ1v) is 5.43. The molecule has 1 aromatic carbocycles. The molecule has 0 amide bonds. The van der Waals surface area contributed by atoms with E-state index in [2.05, 4.69) is 5.32 Å². The highest BCUT2D eigenvalue weighted by Gasteiger charge is 2.18. The number of rotatable bonds is 3. The van der Waals surface area contributed by atoms with E-state index in [-0.39, 0.29) is 0 Å². The van der Waals surface area contributed by atoms with Gasteiger partial charge in [0.25, 0.3) is 0 Å². The van der Waals surface area contributed by atoms with Crippen molar-refractivity contribution >= 4 is 0 Å². The van der Waals surface area contributed by atoms with Gasteiger partial charge in [-0.05, 0) is 31.7 Å². The van der Waals surface area contributed by atoms with Crippen LogP contribution in [0.3, 0.4) is 0 Å². The first kappa shape index (κ1) is 11.2. The van der Waals surface area contributed by atoms with Gasteiger partial charge in [-0.2, -0.15) is 0 Å².